The van der Waals surface area contributed by atoms with Crippen LogP contribution in [0.15, 0.2) is 24.3 Å². The van der Waals surface area contributed by atoms with Crippen molar-refractivity contribution in [3.63, 3.8) is 0 Å². The first kappa shape index (κ1) is 14.9. The molecular formula is C8H6F2KNO3. The van der Waals surface area contributed by atoms with Gasteiger partial charge < -0.3 is 15.4 Å². The van der Waals surface area contributed by atoms with Gasteiger partial charge in [0.2, 0.25) is 5.91 Å². The number of carbonyl (C=O) groups is 1. The molecule has 0 aliphatic carbocycles. The van der Waals surface area contributed by atoms with Crippen LogP contribution < -0.4 is 61.6 Å². The van der Waals surface area contributed by atoms with Gasteiger partial charge >= 0.3 is 58.0 Å². The summed E-state index contributed by atoms with van der Waals surface area (Å²) in [5.41, 5.74) is 1.25. The van der Waals surface area contributed by atoms with E-state index in [0.717, 1.165) is 5.48 Å². The number of alkyl halides is 2. The van der Waals surface area contributed by atoms with E-state index >= 15 is 0 Å². The largest absolute Gasteiger partial charge is 1.00 e. The van der Waals surface area contributed by atoms with E-state index < -0.39 is 12.5 Å². The third-order valence-corrected chi connectivity index (χ3v) is 1.43. The number of carbonyl (C=O) groups excluding carboxylic acids is 1. The van der Waals surface area contributed by atoms with Gasteiger partial charge in [0.05, 0.1) is 0 Å². The average Bonchev–Trinajstić information content (AvgIpc) is 2.17. The molecule has 0 heterocycles. The average molecular weight is 241 g/mol. The normalized spacial score (nSPS) is 9.33. The number of hydroxylamine groups is 1. The topological polar surface area (TPSA) is 61.4 Å². The van der Waals surface area contributed by atoms with E-state index in [1.165, 1.54) is 24.3 Å². The Morgan fingerprint density at radius 3 is 2.27 bits per heavy atom. The Kier molecular flexibility index (Phi) is 7.23. The first-order valence-electron chi connectivity index (χ1n) is 3.61. The second-order valence-corrected chi connectivity index (χ2v) is 2.33. The molecule has 0 saturated heterocycles. The fourth-order valence-electron chi connectivity index (χ4n) is 0.847. The summed E-state index contributed by atoms with van der Waals surface area (Å²) < 4.78 is 27.4. The van der Waals surface area contributed by atoms with Crippen LogP contribution in [-0.2, 0) is 0 Å². The molecule has 0 fully saturated rings. The molecule has 0 unspecified atom stereocenters. The number of halogens is 2. The van der Waals surface area contributed by atoms with Gasteiger partial charge in [-0.2, -0.15) is 8.78 Å². The fraction of sp³-hybridized carbons (Fsp3) is 0.125. The van der Waals surface area contributed by atoms with Crippen LogP contribution >= 0.6 is 0 Å². The Balaban J connectivity index is 0.00000196. The molecule has 1 aromatic rings. The van der Waals surface area contributed by atoms with E-state index in [0.29, 0.717) is 0 Å². The maximum atomic E-state index is 11.7. The molecule has 0 atom stereocenters. The Labute approximate surface area is 127 Å². The number of benzene rings is 1. The van der Waals surface area contributed by atoms with Crippen molar-refractivity contribution >= 4 is 5.91 Å². The summed E-state index contributed by atoms with van der Waals surface area (Å²) >= 11 is 0. The summed E-state index contributed by atoms with van der Waals surface area (Å²) in [6.45, 7) is -2.91. The van der Waals surface area contributed by atoms with Gasteiger partial charge in [-0.05, 0) is 24.3 Å². The smallest absolute Gasteiger partial charge is 0.759 e. The van der Waals surface area contributed by atoms with E-state index in [9.17, 15) is 18.8 Å². The van der Waals surface area contributed by atoms with Gasteiger partial charge in [-0.25, -0.2) is 0 Å². The van der Waals surface area contributed by atoms with Crippen LogP contribution in [0.3, 0.4) is 0 Å². The Morgan fingerprint density at radius 1 is 1.33 bits per heavy atom. The van der Waals surface area contributed by atoms with E-state index in [4.69, 9.17) is 0 Å². The second-order valence-electron chi connectivity index (χ2n) is 2.33. The molecule has 4 nitrogen and oxygen atoms in total. The van der Waals surface area contributed by atoms with Crippen LogP contribution in [0.1, 0.15) is 10.4 Å². The molecule has 15 heavy (non-hydrogen) atoms. The quantitative estimate of drug-likeness (QED) is 0.518. The molecule has 0 aliphatic heterocycles. The maximum absolute atomic E-state index is 11.7. The maximum Gasteiger partial charge on any atom is 1.00 e. The Bertz CT molecular complexity index is 318. The predicted octanol–water partition coefficient (Wildman–Crippen LogP) is -1.48. The van der Waals surface area contributed by atoms with Crippen molar-refractivity contribution in [2.75, 3.05) is 0 Å². The fourth-order valence-corrected chi connectivity index (χ4v) is 0.847. The molecule has 7 heteroatoms. The number of ether oxygens (including phenoxy) is 1. The summed E-state index contributed by atoms with van der Waals surface area (Å²) in [6.07, 6.45) is 0. The van der Waals surface area contributed by atoms with Crippen molar-refractivity contribution in [3.05, 3.63) is 35.0 Å². The molecule has 0 aliphatic rings. The minimum absolute atomic E-state index is 0. The standard InChI is InChI=1S/C8H6F2NO3.K/c9-8(10)14-6-3-1-5(2-4-6)7(12)11-13;/h1-4,8H,(H-,11,12,13);/q-1;+1. The summed E-state index contributed by atoms with van der Waals surface area (Å²) in [7, 11) is 0. The minimum Gasteiger partial charge on any atom is -0.759 e. The van der Waals surface area contributed by atoms with Gasteiger partial charge in [-0.15, -0.1) is 0 Å². The van der Waals surface area contributed by atoms with Crippen molar-refractivity contribution in [1.82, 2.24) is 5.48 Å². The molecule has 0 bridgehead atoms. The zero-order chi connectivity index (χ0) is 10.6. The van der Waals surface area contributed by atoms with Crippen molar-refractivity contribution in [2.24, 2.45) is 0 Å². The van der Waals surface area contributed by atoms with Crippen molar-refractivity contribution in [3.8, 4) is 5.75 Å². The monoisotopic (exact) mass is 241 g/mol. The number of nitrogens with one attached hydrogen (secondary N) is 1. The number of rotatable bonds is 3. The SMILES string of the molecule is O=C(N[O-])c1ccc(OC(F)F)cc1.[K+]. The number of hydrogen-bond acceptors (Lipinski definition) is 3. The van der Waals surface area contributed by atoms with Gasteiger partial charge in [0.1, 0.15) is 5.75 Å². The van der Waals surface area contributed by atoms with Gasteiger partial charge in [0, 0.05) is 5.56 Å². The van der Waals surface area contributed by atoms with Gasteiger partial charge in [-0.3, -0.25) is 4.79 Å². The third kappa shape index (κ3) is 5.00. The minimum atomic E-state index is -2.91. The van der Waals surface area contributed by atoms with E-state index in [-0.39, 0.29) is 62.7 Å². The zero-order valence-electron chi connectivity index (χ0n) is 7.87. The van der Waals surface area contributed by atoms with E-state index in [1.807, 2.05) is 0 Å². The molecule has 0 spiro atoms. The van der Waals surface area contributed by atoms with Crippen LogP contribution in [0.4, 0.5) is 8.78 Å². The van der Waals surface area contributed by atoms with Crippen LogP contribution in [0, 0.1) is 5.21 Å². The molecule has 1 rings (SSSR count). The molecule has 0 saturated carbocycles. The van der Waals surface area contributed by atoms with Crippen LogP contribution in [0.25, 0.3) is 0 Å². The predicted molar refractivity (Wildman–Crippen MR) is 43.9 cm³/mol. The molecule has 1 aromatic carbocycles. The van der Waals surface area contributed by atoms with Crippen LogP contribution in [0.2, 0.25) is 0 Å². The van der Waals surface area contributed by atoms with Gasteiger partial charge in [-0.1, -0.05) is 0 Å². The van der Waals surface area contributed by atoms with E-state index in [2.05, 4.69) is 4.74 Å². The summed E-state index contributed by atoms with van der Waals surface area (Å²) in [4.78, 5) is 10.7. The third-order valence-electron chi connectivity index (χ3n) is 1.43. The Hall–Kier alpha value is -0.0536. The van der Waals surface area contributed by atoms with Gasteiger partial charge in [0.25, 0.3) is 0 Å². The molecule has 76 valence electrons. The van der Waals surface area contributed by atoms with Crippen LogP contribution in [0.5, 0.6) is 5.75 Å². The molecular weight excluding hydrogens is 235 g/mol. The first-order valence-corrected chi connectivity index (χ1v) is 3.61. The Morgan fingerprint density at radius 2 is 1.87 bits per heavy atom. The number of amides is 1. The van der Waals surface area contributed by atoms with E-state index in [1.54, 1.807) is 0 Å². The van der Waals surface area contributed by atoms with Gasteiger partial charge in [0.15, 0.2) is 0 Å². The molecule has 1 amide bonds. The van der Waals surface area contributed by atoms with Crippen molar-refractivity contribution in [2.45, 2.75) is 6.61 Å². The summed E-state index contributed by atoms with van der Waals surface area (Å²) in [5.74, 6) is -0.893. The van der Waals surface area contributed by atoms with Crippen molar-refractivity contribution in [1.29, 1.82) is 0 Å². The zero-order valence-corrected chi connectivity index (χ0v) is 11.0. The first-order chi connectivity index (χ1) is 6.63. The molecule has 0 radical (unpaired) electrons. The number of hydrogen-bond donors (Lipinski definition) is 1. The second kappa shape index (κ2) is 7.26. The summed E-state index contributed by atoms with van der Waals surface area (Å²) in [6, 6.07) is 4.78. The summed E-state index contributed by atoms with van der Waals surface area (Å²) in [5, 5.41) is 9.94. The molecule has 0 aromatic heterocycles. The van der Waals surface area contributed by atoms with Crippen molar-refractivity contribution < 1.29 is 69.7 Å². The van der Waals surface area contributed by atoms with Crippen LogP contribution in [-0.4, -0.2) is 12.5 Å². The molecule has 1 N–H and O–H groups in total.